The maximum absolute atomic E-state index is 13.0. The molecule has 0 heterocycles. The molecule has 7 heteroatoms. The molecule has 3 aromatic carbocycles. The van der Waals surface area contributed by atoms with Crippen LogP contribution in [-0.2, 0) is 16.4 Å². The Kier molecular flexibility index (Phi) is 6.29. The topological polar surface area (TPSA) is 75.3 Å². The van der Waals surface area contributed by atoms with Crippen molar-refractivity contribution in [3.8, 4) is 0 Å². The Labute approximate surface area is 169 Å². The Morgan fingerprint density at radius 1 is 0.966 bits per heavy atom. The van der Waals surface area contributed by atoms with Crippen LogP contribution in [0.1, 0.15) is 21.5 Å². The van der Waals surface area contributed by atoms with Crippen LogP contribution in [0.5, 0.6) is 0 Å². The van der Waals surface area contributed by atoms with Crippen LogP contribution in [0, 0.1) is 12.7 Å². The molecule has 0 aliphatic heterocycles. The highest BCUT2D eigenvalue weighted by molar-refractivity contribution is 7.92. The molecular formula is C22H21FN2O3S. The third kappa shape index (κ3) is 5.42. The minimum Gasteiger partial charge on any atom is -0.352 e. The highest BCUT2D eigenvalue weighted by Crippen LogP contribution is 2.20. The first-order valence-electron chi connectivity index (χ1n) is 9.06. The van der Waals surface area contributed by atoms with Gasteiger partial charge in [0.25, 0.3) is 15.9 Å². The van der Waals surface area contributed by atoms with Gasteiger partial charge in [-0.05, 0) is 60.9 Å². The Morgan fingerprint density at radius 2 is 1.69 bits per heavy atom. The number of hydrogen-bond acceptors (Lipinski definition) is 3. The Bertz CT molecular complexity index is 1110. The first kappa shape index (κ1) is 20.5. The Balaban J connectivity index is 1.71. The molecule has 1 amide bonds. The molecule has 0 fully saturated rings. The summed E-state index contributed by atoms with van der Waals surface area (Å²) in [7, 11) is -3.82. The molecule has 29 heavy (non-hydrogen) atoms. The molecule has 0 aliphatic carbocycles. The predicted molar refractivity (Wildman–Crippen MR) is 111 cm³/mol. The lowest BCUT2D eigenvalue weighted by atomic mass is 10.1. The predicted octanol–water partition coefficient (Wildman–Crippen LogP) is 3.91. The fourth-order valence-electron chi connectivity index (χ4n) is 2.82. The average Bonchev–Trinajstić information content (AvgIpc) is 2.69. The maximum Gasteiger partial charge on any atom is 0.261 e. The minimum absolute atomic E-state index is 0.129. The van der Waals surface area contributed by atoms with E-state index in [0.29, 0.717) is 13.0 Å². The normalized spacial score (nSPS) is 11.1. The van der Waals surface area contributed by atoms with Crippen molar-refractivity contribution in [2.45, 2.75) is 18.2 Å². The second-order valence-electron chi connectivity index (χ2n) is 6.60. The summed E-state index contributed by atoms with van der Waals surface area (Å²) in [5.41, 5.74) is 2.14. The van der Waals surface area contributed by atoms with Gasteiger partial charge in [-0.15, -0.1) is 0 Å². The molecule has 3 rings (SSSR count). The van der Waals surface area contributed by atoms with Gasteiger partial charge in [0.2, 0.25) is 0 Å². The number of amides is 1. The van der Waals surface area contributed by atoms with Gasteiger partial charge < -0.3 is 5.32 Å². The van der Waals surface area contributed by atoms with E-state index in [1.807, 2.05) is 13.0 Å². The number of para-hydroxylation sites is 1. The van der Waals surface area contributed by atoms with Gasteiger partial charge >= 0.3 is 0 Å². The number of rotatable bonds is 7. The van der Waals surface area contributed by atoms with E-state index in [1.54, 1.807) is 48.5 Å². The fourth-order valence-corrected chi connectivity index (χ4v) is 4.01. The molecule has 0 atom stereocenters. The van der Waals surface area contributed by atoms with Gasteiger partial charge in [0, 0.05) is 6.54 Å². The SMILES string of the molecule is Cc1cccc(S(=O)(=O)Nc2ccccc2C(=O)NCCc2ccc(F)cc2)c1. The van der Waals surface area contributed by atoms with Crippen molar-refractivity contribution in [3.05, 3.63) is 95.3 Å². The van der Waals surface area contributed by atoms with Crippen molar-refractivity contribution in [1.29, 1.82) is 0 Å². The van der Waals surface area contributed by atoms with Crippen LogP contribution in [0.15, 0.2) is 77.7 Å². The van der Waals surface area contributed by atoms with E-state index in [4.69, 9.17) is 0 Å². The maximum atomic E-state index is 13.0. The van der Waals surface area contributed by atoms with E-state index in [-0.39, 0.29) is 22.0 Å². The van der Waals surface area contributed by atoms with Crippen molar-refractivity contribution < 1.29 is 17.6 Å². The van der Waals surface area contributed by atoms with Crippen LogP contribution in [0.4, 0.5) is 10.1 Å². The summed E-state index contributed by atoms with van der Waals surface area (Å²) in [6, 6.07) is 19.0. The molecule has 2 N–H and O–H groups in total. The number of benzene rings is 3. The molecule has 150 valence electrons. The van der Waals surface area contributed by atoms with Gasteiger partial charge in [0.05, 0.1) is 16.1 Å². The van der Waals surface area contributed by atoms with Crippen LogP contribution < -0.4 is 10.0 Å². The van der Waals surface area contributed by atoms with Gasteiger partial charge in [-0.2, -0.15) is 0 Å². The molecule has 3 aromatic rings. The molecule has 0 aromatic heterocycles. The first-order valence-corrected chi connectivity index (χ1v) is 10.5. The number of halogens is 1. The van der Waals surface area contributed by atoms with Crippen molar-refractivity contribution in [2.75, 3.05) is 11.3 Å². The van der Waals surface area contributed by atoms with E-state index >= 15 is 0 Å². The molecule has 0 radical (unpaired) electrons. The number of hydrogen-bond donors (Lipinski definition) is 2. The van der Waals surface area contributed by atoms with Gasteiger partial charge in [-0.3, -0.25) is 9.52 Å². The lowest BCUT2D eigenvalue weighted by Crippen LogP contribution is -2.27. The van der Waals surface area contributed by atoms with Crippen LogP contribution in [0.25, 0.3) is 0 Å². The van der Waals surface area contributed by atoms with Crippen molar-refractivity contribution in [2.24, 2.45) is 0 Å². The fraction of sp³-hybridized carbons (Fsp3) is 0.136. The van der Waals surface area contributed by atoms with Crippen LogP contribution in [-0.4, -0.2) is 20.9 Å². The zero-order valence-electron chi connectivity index (χ0n) is 15.9. The highest BCUT2D eigenvalue weighted by Gasteiger charge is 2.18. The molecule has 0 bridgehead atoms. The second kappa shape index (κ2) is 8.87. The first-order chi connectivity index (χ1) is 13.8. The molecule has 5 nitrogen and oxygen atoms in total. The smallest absolute Gasteiger partial charge is 0.261 e. The molecular weight excluding hydrogens is 391 g/mol. The second-order valence-corrected chi connectivity index (χ2v) is 8.28. The molecule has 0 unspecified atom stereocenters. The lowest BCUT2D eigenvalue weighted by Gasteiger charge is -2.13. The summed E-state index contributed by atoms with van der Waals surface area (Å²) in [6.45, 7) is 2.14. The average molecular weight is 412 g/mol. The third-order valence-corrected chi connectivity index (χ3v) is 5.69. The van der Waals surface area contributed by atoms with Crippen LogP contribution in [0.2, 0.25) is 0 Å². The number of carbonyl (C=O) groups is 1. The summed E-state index contributed by atoms with van der Waals surface area (Å²) < 4.78 is 40.8. The van der Waals surface area contributed by atoms with Crippen molar-refractivity contribution in [3.63, 3.8) is 0 Å². The van der Waals surface area contributed by atoms with E-state index in [0.717, 1.165) is 11.1 Å². The zero-order valence-corrected chi connectivity index (χ0v) is 16.7. The Hall–Kier alpha value is -3.19. The van der Waals surface area contributed by atoms with Crippen molar-refractivity contribution in [1.82, 2.24) is 5.32 Å². The monoisotopic (exact) mass is 412 g/mol. The van der Waals surface area contributed by atoms with Gasteiger partial charge in [0.15, 0.2) is 0 Å². The zero-order chi connectivity index (χ0) is 20.9. The molecule has 0 saturated carbocycles. The van der Waals surface area contributed by atoms with Gasteiger partial charge in [-0.1, -0.05) is 36.4 Å². The highest BCUT2D eigenvalue weighted by atomic mass is 32.2. The third-order valence-electron chi connectivity index (χ3n) is 4.33. The number of carbonyl (C=O) groups excluding carboxylic acids is 1. The van der Waals surface area contributed by atoms with Crippen molar-refractivity contribution >= 4 is 21.6 Å². The summed E-state index contributed by atoms with van der Waals surface area (Å²) >= 11 is 0. The van der Waals surface area contributed by atoms with E-state index in [1.165, 1.54) is 18.2 Å². The van der Waals surface area contributed by atoms with E-state index in [9.17, 15) is 17.6 Å². The van der Waals surface area contributed by atoms with Gasteiger partial charge in [0.1, 0.15) is 5.82 Å². The number of sulfonamides is 1. The molecule has 0 spiro atoms. The molecule has 0 saturated heterocycles. The lowest BCUT2D eigenvalue weighted by molar-refractivity contribution is 0.0955. The summed E-state index contributed by atoms with van der Waals surface area (Å²) in [5, 5.41) is 2.77. The van der Waals surface area contributed by atoms with E-state index in [2.05, 4.69) is 10.0 Å². The largest absolute Gasteiger partial charge is 0.352 e. The van der Waals surface area contributed by atoms with E-state index < -0.39 is 15.9 Å². The number of aryl methyl sites for hydroxylation is 1. The van der Waals surface area contributed by atoms with Crippen LogP contribution >= 0.6 is 0 Å². The summed E-state index contributed by atoms with van der Waals surface area (Å²) in [5.74, 6) is -0.706. The standard InChI is InChI=1S/C22H21FN2O3S/c1-16-5-4-6-19(15-16)29(27,28)25-21-8-3-2-7-20(21)22(26)24-14-13-17-9-11-18(23)12-10-17/h2-12,15,25H,13-14H2,1H3,(H,24,26). The summed E-state index contributed by atoms with van der Waals surface area (Å²) in [6.07, 6.45) is 0.531. The quantitative estimate of drug-likeness (QED) is 0.618. The minimum atomic E-state index is -3.82. The number of anilines is 1. The molecule has 0 aliphatic rings. The summed E-state index contributed by atoms with van der Waals surface area (Å²) in [4.78, 5) is 12.7. The van der Waals surface area contributed by atoms with Crippen LogP contribution in [0.3, 0.4) is 0 Å². The van der Waals surface area contributed by atoms with Gasteiger partial charge in [-0.25, -0.2) is 12.8 Å². The number of nitrogens with one attached hydrogen (secondary N) is 2. The Morgan fingerprint density at radius 3 is 2.41 bits per heavy atom.